The van der Waals surface area contributed by atoms with Crippen LogP contribution < -0.4 is 5.32 Å². The van der Waals surface area contributed by atoms with Gasteiger partial charge in [-0.2, -0.15) is 0 Å². The van der Waals surface area contributed by atoms with Gasteiger partial charge in [-0.25, -0.2) is 9.79 Å². The van der Waals surface area contributed by atoms with Gasteiger partial charge in [0.25, 0.3) is 5.91 Å². The summed E-state index contributed by atoms with van der Waals surface area (Å²) in [7, 11) is 0. The molecule has 1 aliphatic rings. The molecule has 1 aliphatic heterocycles. The first-order valence-electron chi connectivity index (χ1n) is 6.90. The van der Waals surface area contributed by atoms with Gasteiger partial charge in [0.15, 0.2) is 5.17 Å². The van der Waals surface area contributed by atoms with E-state index in [-0.39, 0.29) is 11.5 Å². The van der Waals surface area contributed by atoms with E-state index in [4.69, 9.17) is 16.7 Å². The predicted octanol–water partition coefficient (Wildman–Crippen LogP) is 3.93. The number of benzene rings is 2. The van der Waals surface area contributed by atoms with Crippen LogP contribution in [0.3, 0.4) is 0 Å². The Hall–Kier alpha value is -2.57. The van der Waals surface area contributed by atoms with E-state index in [9.17, 15) is 9.59 Å². The molecule has 1 fully saturated rings. The van der Waals surface area contributed by atoms with Gasteiger partial charge in [0.05, 0.1) is 16.2 Å². The number of amidine groups is 1. The van der Waals surface area contributed by atoms with Crippen LogP contribution in [0, 0.1) is 0 Å². The SMILES string of the molecule is O=C1NC(=Nc2ccc(Cl)cc2)S/C1=C/c1ccc(C(=O)O)cc1. The van der Waals surface area contributed by atoms with Crippen LogP contribution in [-0.2, 0) is 4.79 Å². The predicted molar refractivity (Wildman–Crippen MR) is 95.7 cm³/mol. The van der Waals surface area contributed by atoms with Crippen LogP contribution in [0.2, 0.25) is 5.02 Å². The van der Waals surface area contributed by atoms with Gasteiger partial charge in [-0.1, -0.05) is 23.7 Å². The van der Waals surface area contributed by atoms with E-state index in [1.807, 2.05) is 0 Å². The van der Waals surface area contributed by atoms with Crippen molar-refractivity contribution in [2.75, 3.05) is 0 Å². The largest absolute Gasteiger partial charge is 0.478 e. The minimum absolute atomic E-state index is 0.200. The molecule has 2 N–H and O–H groups in total. The van der Waals surface area contributed by atoms with Gasteiger partial charge in [0, 0.05) is 5.02 Å². The lowest BCUT2D eigenvalue weighted by Gasteiger charge is -1.97. The third-order valence-corrected chi connectivity index (χ3v) is 4.33. The Labute approximate surface area is 147 Å². The van der Waals surface area contributed by atoms with E-state index < -0.39 is 5.97 Å². The second kappa shape index (κ2) is 6.90. The van der Waals surface area contributed by atoms with E-state index in [2.05, 4.69) is 10.3 Å². The molecular weight excluding hydrogens is 348 g/mol. The molecule has 7 heteroatoms. The minimum atomic E-state index is -0.987. The summed E-state index contributed by atoms with van der Waals surface area (Å²) in [5.41, 5.74) is 1.63. The van der Waals surface area contributed by atoms with Crippen molar-refractivity contribution < 1.29 is 14.7 Å². The summed E-state index contributed by atoms with van der Waals surface area (Å²) in [6.45, 7) is 0. The van der Waals surface area contributed by atoms with Crippen LogP contribution in [0.5, 0.6) is 0 Å². The van der Waals surface area contributed by atoms with Crippen molar-refractivity contribution in [3.63, 3.8) is 0 Å². The summed E-state index contributed by atoms with van der Waals surface area (Å²) in [4.78, 5) is 27.7. The van der Waals surface area contributed by atoms with Crippen molar-refractivity contribution in [2.45, 2.75) is 0 Å². The number of carboxylic acid groups (broad SMARTS) is 1. The number of aliphatic imine (C=N–C) groups is 1. The normalized spacial score (nSPS) is 17.3. The lowest BCUT2D eigenvalue weighted by atomic mass is 10.1. The van der Waals surface area contributed by atoms with Crippen LogP contribution >= 0.6 is 23.4 Å². The van der Waals surface area contributed by atoms with Crippen LogP contribution in [0.25, 0.3) is 6.08 Å². The summed E-state index contributed by atoms with van der Waals surface area (Å²) >= 11 is 7.05. The van der Waals surface area contributed by atoms with Crippen molar-refractivity contribution in [1.29, 1.82) is 0 Å². The van der Waals surface area contributed by atoms with Crippen molar-refractivity contribution in [3.8, 4) is 0 Å². The molecule has 2 aromatic carbocycles. The highest BCUT2D eigenvalue weighted by molar-refractivity contribution is 8.18. The van der Waals surface area contributed by atoms with Crippen molar-refractivity contribution >= 4 is 52.2 Å². The van der Waals surface area contributed by atoms with E-state index in [1.54, 1.807) is 42.5 Å². The number of rotatable bonds is 3. The molecule has 1 heterocycles. The number of nitrogens with one attached hydrogen (secondary N) is 1. The summed E-state index contributed by atoms with van der Waals surface area (Å²) < 4.78 is 0. The van der Waals surface area contributed by atoms with Gasteiger partial charge in [0.2, 0.25) is 0 Å². The fourth-order valence-electron chi connectivity index (χ4n) is 1.99. The van der Waals surface area contributed by atoms with E-state index >= 15 is 0 Å². The molecule has 2 aromatic rings. The number of thioether (sulfide) groups is 1. The molecule has 0 aromatic heterocycles. The van der Waals surface area contributed by atoms with Crippen molar-refractivity contribution in [3.05, 3.63) is 69.6 Å². The van der Waals surface area contributed by atoms with Crippen LogP contribution in [0.1, 0.15) is 15.9 Å². The Morgan fingerprint density at radius 2 is 1.79 bits per heavy atom. The molecule has 5 nitrogen and oxygen atoms in total. The number of halogens is 1. The van der Waals surface area contributed by atoms with Gasteiger partial charge >= 0.3 is 5.97 Å². The zero-order chi connectivity index (χ0) is 17.1. The van der Waals surface area contributed by atoms with E-state index in [0.717, 1.165) is 5.56 Å². The lowest BCUT2D eigenvalue weighted by Crippen LogP contribution is -2.19. The number of carboxylic acids is 1. The van der Waals surface area contributed by atoms with Gasteiger partial charge in [-0.05, 0) is 59.8 Å². The number of amides is 1. The average Bonchev–Trinajstić information content (AvgIpc) is 2.89. The van der Waals surface area contributed by atoms with Gasteiger partial charge in [-0.3, -0.25) is 4.79 Å². The van der Waals surface area contributed by atoms with Crippen molar-refractivity contribution in [1.82, 2.24) is 5.32 Å². The highest BCUT2D eigenvalue weighted by Gasteiger charge is 2.23. The standard InChI is InChI=1S/C17H11ClN2O3S/c18-12-5-7-13(8-6-12)19-17-20-15(21)14(24-17)9-10-1-3-11(4-2-10)16(22)23/h1-9H,(H,22,23)(H,19,20,21)/b14-9+. The second-order valence-corrected chi connectivity index (χ2v) is 6.35. The third-order valence-electron chi connectivity index (χ3n) is 3.16. The summed E-state index contributed by atoms with van der Waals surface area (Å²) in [6, 6.07) is 13.3. The van der Waals surface area contributed by atoms with Gasteiger partial charge < -0.3 is 10.4 Å². The second-order valence-electron chi connectivity index (χ2n) is 4.89. The van der Waals surface area contributed by atoms with Gasteiger partial charge in [-0.15, -0.1) is 0 Å². The fraction of sp³-hybridized carbons (Fsp3) is 0. The molecular formula is C17H11ClN2O3S. The Kier molecular flexibility index (Phi) is 4.69. The maximum atomic E-state index is 12.0. The monoisotopic (exact) mass is 358 g/mol. The third kappa shape index (κ3) is 3.84. The van der Waals surface area contributed by atoms with Crippen LogP contribution in [0.15, 0.2) is 58.4 Å². The maximum absolute atomic E-state index is 12.0. The Balaban J connectivity index is 1.79. The number of carbonyl (C=O) groups is 2. The van der Waals surface area contributed by atoms with Crippen LogP contribution in [0.4, 0.5) is 5.69 Å². The summed E-state index contributed by atoms with van der Waals surface area (Å²) in [6.07, 6.45) is 1.69. The minimum Gasteiger partial charge on any atom is -0.478 e. The number of aromatic carboxylic acids is 1. The first-order chi connectivity index (χ1) is 11.5. The summed E-state index contributed by atoms with van der Waals surface area (Å²) in [5, 5.41) is 12.7. The molecule has 1 amide bonds. The molecule has 0 spiro atoms. The number of carbonyl (C=O) groups excluding carboxylic acids is 1. The maximum Gasteiger partial charge on any atom is 0.335 e. The first-order valence-corrected chi connectivity index (χ1v) is 8.09. The number of hydrogen-bond acceptors (Lipinski definition) is 4. The number of hydrogen-bond donors (Lipinski definition) is 2. The molecule has 120 valence electrons. The molecule has 24 heavy (non-hydrogen) atoms. The van der Waals surface area contributed by atoms with Crippen LogP contribution in [-0.4, -0.2) is 22.2 Å². The Bertz CT molecular complexity index is 858. The Morgan fingerprint density at radius 3 is 2.42 bits per heavy atom. The Morgan fingerprint density at radius 1 is 1.12 bits per heavy atom. The topological polar surface area (TPSA) is 78.8 Å². The molecule has 0 bridgehead atoms. The highest BCUT2D eigenvalue weighted by Crippen LogP contribution is 2.28. The number of nitrogens with zero attached hydrogens (tertiary/aromatic N) is 1. The molecule has 0 unspecified atom stereocenters. The summed E-state index contributed by atoms with van der Waals surface area (Å²) in [5.74, 6) is -1.23. The van der Waals surface area contributed by atoms with E-state index in [1.165, 1.54) is 23.9 Å². The fourth-order valence-corrected chi connectivity index (χ4v) is 2.95. The quantitative estimate of drug-likeness (QED) is 0.815. The van der Waals surface area contributed by atoms with Gasteiger partial charge in [0.1, 0.15) is 0 Å². The molecule has 1 saturated heterocycles. The highest BCUT2D eigenvalue weighted by atomic mass is 35.5. The zero-order valence-electron chi connectivity index (χ0n) is 12.2. The molecule has 0 atom stereocenters. The first kappa shape index (κ1) is 16.3. The molecule has 3 rings (SSSR count). The average molecular weight is 359 g/mol. The zero-order valence-corrected chi connectivity index (χ0v) is 13.8. The van der Waals surface area contributed by atoms with Crippen molar-refractivity contribution in [2.24, 2.45) is 4.99 Å². The molecule has 0 radical (unpaired) electrons. The molecule has 0 saturated carbocycles. The lowest BCUT2D eigenvalue weighted by molar-refractivity contribution is -0.115. The smallest absolute Gasteiger partial charge is 0.335 e. The molecule has 0 aliphatic carbocycles. The van der Waals surface area contributed by atoms with E-state index in [0.29, 0.717) is 20.8 Å².